The van der Waals surface area contributed by atoms with Crippen LogP contribution in [0.4, 0.5) is 4.79 Å². The fraction of sp³-hybridized carbons (Fsp3) is 0.188. The van der Waals surface area contributed by atoms with Gasteiger partial charge in [-0.1, -0.05) is 29.4 Å². The number of hydrogen-bond donors (Lipinski definition) is 3. The average Bonchev–Trinajstić information content (AvgIpc) is 2.72. The number of hydrogen-bond acceptors (Lipinski definition) is 4. The van der Waals surface area contributed by atoms with E-state index in [9.17, 15) is 10.0 Å². The van der Waals surface area contributed by atoms with Crippen LogP contribution in [0, 0.1) is 0 Å². The van der Waals surface area contributed by atoms with Gasteiger partial charge in [0.15, 0.2) is 0 Å². The minimum absolute atomic E-state index is 0.626. The number of pyridine rings is 1. The van der Waals surface area contributed by atoms with E-state index in [0.717, 1.165) is 29.7 Å². The molecule has 6 heteroatoms. The van der Waals surface area contributed by atoms with Gasteiger partial charge in [0.25, 0.3) is 0 Å². The number of aromatic nitrogens is 1. The molecule has 3 rings (SSSR count). The van der Waals surface area contributed by atoms with E-state index < -0.39 is 6.09 Å². The van der Waals surface area contributed by atoms with Crippen LogP contribution in [0.3, 0.4) is 0 Å². The van der Waals surface area contributed by atoms with Crippen molar-refractivity contribution in [1.82, 2.24) is 10.3 Å². The first-order valence-electron chi connectivity index (χ1n) is 6.82. The highest BCUT2D eigenvalue weighted by Crippen LogP contribution is 2.23. The first-order valence-corrected chi connectivity index (χ1v) is 6.82. The maximum absolute atomic E-state index is 9.27. The number of benzene rings is 1. The molecule has 0 radical (unpaired) electrons. The Kier molecular flexibility index (Phi) is 5.08. The summed E-state index contributed by atoms with van der Waals surface area (Å²) >= 11 is 0. The highest BCUT2D eigenvalue weighted by Gasteiger charge is 2.19. The molecular weight excluding hydrogens is 282 g/mol. The van der Waals surface area contributed by atoms with Crippen molar-refractivity contribution in [2.75, 3.05) is 7.05 Å². The number of carboxylic acid groups (broad SMARTS) is 1. The lowest BCUT2D eigenvalue weighted by Gasteiger charge is -2.07. The molecule has 0 unspecified atom stereocenters. The standard InChI is InChI=1S/C14H12N2O.C2H5NO2/c17-16-14-11-5-2-1-4-10(11)7-8-13-12(14)6-3-9-15-13;1-3-2(4)5/h1-6,9,17H,7-8H2;3H,1H3,(H,4,5)/b16-14-;. The molecule has 0 saturated carbocycles. The molecule has 1 aromatic heterocycles. The van der Waals surface area contributed by atoms with Gasteiger partial charge in [0.05, 0.1) is 5.69 Å². The monoisotopic (exact) mass is 299 g/mol. The number of nitrogens with one attached hydrogen (secondary N) is 1. The van der Waals surface area contributed by atoms with E-state index in [1.165, 1.54) is 12.6 Å². The molecule has 2 aromatic rings. The molecule has 0 saturated heterocycles. The Morgan fingerprint density at radius 1 is 1.18 bits per heavy atom. The maximum atomic E-state index is 9.27. The van der Waals surface area contributed by atoms with E-state index in [-0.39, 0.29) is 0 Å². The Bertz CT molecular complexity index is 649. The van der Waals surface area contributed by atoms with Crippen molar-refractivity contribution in [2.24, 2.45) is 5.16 Å². The third kappa shape index (κ3) is 3.41. The van der Waals surface area contributed by atoms with Crippen LogP contribution in [0.2, 0.25) is 0 Å². The Morgan fingerprint density at radius 3 is 2.55 bits per heavy atom. The van der Waals surface area contributed by atoms with Crippen molar-refractivity contribution in [3.05, 3.63) is 65.0 Å². The number of amides is 1. The van der Waals surface area contributed by atoms with Crippen molar-refractivity contribution in [3.63, 3.8) is 0 Å². The second kappa shape index (κ2) is 7.21. The summed E-state index contributed by atoms with van der Waals surface area (Å²) in [5, 5.41) is 22.3. The first-order chi connectivity index (χ1) is 10.7. The molecule has 1 heterocycles. The lowest BCUT2D eigenvalue weighted by Crippen LogP contribution is -2.13. The molecule has 22 heavy (non-hydrogen) atoms. The highest BCUT2D eigenvalue weighted by atomic mass is 16.4. The molecule has 1 amide bonds. The number of carbonyl (C=O) groups is 1. The summed E-state index contributed by atoms with van der Waals surface area (Å²) in [6, 6.07) is 11.9. The van der Waals surface area contributed by atoms with Gasteiger partial charge < -0.3 is 15.6 Å². The third-order valence-corrected chi connectivity index (χ3v) is 3.36. The predicted molar refractivity (Wildman–Crippen MR) is 82.6 cm³/mol. The van der Waals surface area contributed by atoms with Gasteiger partial charge in [0, 0.05) is 24.4 Å². The summed E-state index contributed by atoms with van der Waals surface area (Å²) in [4.78, 5) is 13.6. The smallest absolute Gasteiger partial charge is 0.404 e. The minimum atomic E-state index is -0.995. The lowest BCUT2D eigenvalue weighted by atomic mass is 10.00. The minimum Gasteiger partial charge on any atom is -0.465 e. The van der Waals surface area contributed by atoms with Crippen molar-refractivity contribution >= 4 is 11.8 Å². The molecule has 0 atom stereocenters. The van der Waals surface area contributed by atoms with Crippen LogP contribution < -0.4 is 5.32 Å². The van der Waals surface area contributed by atoms with Gasteiger partial charge in [0.2, 0.25) is 0 Å². The number of aryl methyl sites for hydroxylation is 2. The zero-order valence-electron chi connectivity index (χ0n) is 12.2. The molecule has 6 nitrogen and oxygen atoms in total. The quantitative estimate of drug-likeness (QED) is 0.514. The van der Waals surface area contributed by atoms with Gasteiger partial charge in [-0.25, -0.2) is 4.79 Å². The zero-order chi connectivity index (χ0) is 15.9. The molecule has 0 fully saturated rings. The molecule has 1 aliphatic carbocycles. The van der Waals surface area contributed by atoms with E-state index in [1.54, 1.807) is 6.20 Å². The summed E-state index contributed by atoms with van der Waals surface area (Å²) < 4.78 is 0. The van der Waals surface area contributed by atoms with Crippen LogP contribution in [-0.4, -0.2) is 34.2 Å². The molecule has 0 bridgehead atoms. The van der Waals surface area contributed by atoms with Crippen LogP contribution in [-0.2, 0) is 12.8 Å². The van der Waals surface area contributed by atoms with Gasteiger partial charge in [-0.3, -0.25) is 4.98 Å². The van der Waals surface area contributed by atoms with Crippen molar-refractivity contribution < 1.29 is 15.1 Å². The predicted octanol–water partition coefficient (Wildman–Crippen LogP) is 2.29. The Morgan fingerprint density at radius 2 is 1.86 bits per heavy atom. The van der Waals surface area contributed by atoms with E-state index in [2.05, 4.69) is 16.2 Å². The number of fused-ring (bicyclic) bond motifs is 2. The SMILES string of the molecule is CNC(=O)O.O/N=C1/c2ccccc2CCc2ncccc21. The van der Waals surface area contributed by atoms with Gasteiger partial charge in [0.1, 0.15) is 5.71 Å². The Labute approximate surface area is 128 Å². The van der Waals surface area contributed by atoms with Crippen molar-refractivity contribution in [1.29, 1.82) is 0 Å². The van der Waals surface area contributed by atoms with Crippen LogP contribution >= 0.6 is 0 Å². The molecular formula is C16H17N3O3. The lowest BCUT2D eigenvalue weighted by molar-refractivity contribution is 0.197. The molecule has 1 aromatic carbocycles. The molecule has 0 spiro atoms. The summed E-state index contributed by atoms with van der Waals surface area (Å²) in [5.74, 6) is 0. The first kappa shape index (κ1) is 15.5. The van der Waals surface area contributed by atoms with Crippen LogP contribution in [0.1, 0.15) is 22.4 Å². The Hall–Kier alpha value is -2.89. The second-order valence-corrected chi connectivity index (χ2v) is 4.66. The topological polar surface area (TPSA) is 94.8 Å². The van der Waals surface area contributed by atoms with Gasteiger partial charge >= 0.3 is 6.09 Å². The Balaban J connectivity index is 0.000000309. The summed E-state index contributed by atoms with van der Waals surface area (Å²) in [6.45, 7) is 0. The van der Waals surface area contributed by atoms with Crippen molar-refractivity contribution in [3.8, 4) is 0 Å². The molecule has 0 aliphatic heterocycles. The van der Waals surface area contributed by atoms with Gasteiger partial charge in [-0.05, 0) is 30.5 Å². The molecule has 1 aliphatic rings. The largest absolute Gasteiger partial charge is 0.465 e. The maximum Gasteiger partial charge on any atom is 0.404 e. The highest BCUT2D eigenvalue weighted by molar-refractivity contribution is 6.14. The van der Waals surface area contributed by atoms with Crippen LogP contribution in [0.15, 0.2) is 47.8 Å². The van der Waals surface area contributed by atoms with E-state index in [1.807, 2.05) is 35.6 Å². The third-order valence-electron chi connectivity index (χ3n) is 3.36. The summed E-state index contributed by atoms with van der Waals surface area (Å²) in [5.41, 5.74) is 4.76. The number of rotatable bonds is 0. The zero-order valence-corrected chi connectivity index (χ0v) is 12.2. The molecule has 3 N–H and O–H groups in total. The fourth-order valence-corrected chi connectivity index (χ4v) is 2.33. The second-order valence-electron chi connectivity index (χ2n) is 4.66. The van der Waals surface area contributed by atoms with Crippen LogP contribution in [0.25, 0.3) is 0 Å². The normalized spacial score (nSPS) is 14.0. The number of nitrogens with zero attached hydrogens (tertiary/aromatic N) is 2. The summed E-state index contributed by atoms with van der Waals surface area (Å²) in [6.07, 6.45) is 2.60. The van der Waals surface area contributed by atoms with Crippen molar-refractivity contribution in [2.45, 2.75) is 12.8 Å². The number of oxime groups is 1. The van der Waals surface area contributed by atoms with Gasteiger partial charge in [-0.15, -0.1) is 0 Å². The van der Waals surface area contributed by atoms with E-state index >= 15 is 0 Å². The fourth-order valence-electron chi connectivity index (χ4n) is 2.33. The molecule has 114 valence electrons. The van der Waals surface area contributed by atoms with E-state index in [0.29, 0.717) is 5.71 Å². The van der Waals surface area contributed by atoms with Crippen LogP contribution in [0.5, 0.6) is 0 Å². The summed E-state index contributed by atoms with van der Waals surface area (Å²) in [7, 11) is 1.35. The van der Waals surface area contributed by atoms with E-state index in [4.69, 9.17) is 5.11 Å². The van der Waals surface area contributed by atoms with Gasteiger partial charge in [-0.2, -0.15) is 0 Å². The average molecular weight is 299 g/mol.